The highest BCUT2D eigenvalue weighted by atomic mass is 16.2. The maximum atomic E-state index is 12.6. The first-order valence-electron chi connectivity index (χ1n) is 9.82. The SMILES string of the molecule is O=C1c2ccccc2C(=O)N1Cc1cccc(CNc2cccc3ccccc23)n1. The van der Waals surface area contributed by atoms with Crippen molar-refractivity contribution in [2.24, 2.45) is 0 Å². The van der Waals surface area contributed by atoms with Crippen molar-refractivity contribution < 1.29 is 9.59 Å². The van der Waals surface area contributed by atoms with Crippen molar-refractivity contribution in [2.75, 3.05) is 5.32 Å². The molecule has 5 heteroatoms. The first-order chi connectivity index (χ1) is 14.7. The van der Waals surface area contributed by atoms with E-state index in [1.807, 2.05) is 42.5 Å². The summed E-state index contributed by atoms with van der Waals surface area (Å²) in [5, 5.41) is 5.78. The lowest BCUT2D eigenvalue weighted by Gasteiger charge is -2.14. The van der Waals surface area contributed by atoms with Crippen LogP contribution in [0.4, 0.5) is 5.69 Å². The largest absolute Gasteiger partial charge is 0.379 e. The van der Waals surface area contributed by atoms with E-state index in [2.05, 4.69) is 28.5 Å². The number of carbonyl (C=O) groups excluding carboxylic acids is 2. The summed E-state index contributed by atoms with van der Waals surface area (Å²) in [7, 11) is 0. The molecule has 0 saturated heterocycles. The van der Waals surface area contributed by atoms with E-state index in [4.69, 9.17) is 0 Å². The van der Waals surface area contributed by atoms with Gasteiger partial charge in [-0.2, -0.15) is 0 Å². The van der Waals surface area contributed by atoms with Crippen molar-refractivity contribution in [1.82, 2.24) is 9.88 Å². The Hall–Kier alpha value is -3.99. The van der Waals surface area contributed by atoms with Gasteiger partial charge in [0.05, 0.1) is 35.6 Å². The van der Waals surface area contributed by atoms with Crippen LogP contribution in [0.15, 0.2) is 84.9 Å². The number of nitrogens with one attached hydrogen (secondary N) is 1. The van der Waals surface area contributed by atoms with Gasteiger partial charge in [-0.15, -0.1) is 0 Å². The van der Waals surface area contributed by atoms with Crippen molar-refractivity contribution >= 4 is 28.3 Å². The number of nitrogens with zero attached hydrogens (tertiary/aromatic N) is 2. The van der Waals surface area contributed by atoms with E-state index in [0.29, 0.717) is 23.4 Å². The third-order valence-electron chi connectivity index (χ3n) is 5.31. The number of hydrogen-bond acceptors (Lipinski definition) is 4. The van der Waals surface area contributed by atoms with E-state index in [9.17, 15) is 9.59 Å². The standard InChI is InChI=1S/C25H19N3O2/c29-24-21-12-3-4-13-22(21)25(30)28(24)16-19-10-6-9-18(27-19)15-26-23-14-5-8-17-7-1-2-11-20(17)23/h1-14,26H,15-16H2. The first-order valence-corrected chi connectivity index (χ1v) is 9.82. The fourth-order valence-corrected chi connectivity index (χ4v) is 3.83. The molecule has 0 saturated carbocycles. The van der Waals surface area contributed by atoms with Gasteiger partial charge < -0.3 is 5.32 Å². The molecular weight excluding hydrogens is 374 g/mol. The average molecular weight is 393 g/mol. The normalized spacial score (nSPS) is 13.0. The third kappa shape index (κ3) is 3.20. The number of aromatic nitrogens is 1. The molecule has 146 valence electrons. The highest BCUT2D eigenvalue weighted by Crippen LogP contribution is 2.25. The number of amides is 2. The van der Waals surface area contributed by atoms with Crippen molar-refractivity contribution in [3.05, 3.63) is 107 Å². The van der Waals surface area contributed by atoms with E-state index < -0.39 is 0 Å². The van der Waals surface area contributed by atoms with Gasteiger partial charge in [-0.3, -0.25) is 19.5 Å². The number of anilines is 1. The monoisotopic (exact) mass is 393 g/mol. The molecule has 0 unspecified atom stereocenters. The maximum Gasteiger partial charge on any atom is 0.261 e. The molecule has 5 rings (SSSR count). The molecule has 5 nitrogen and oxygen atoms in total. The molecule has 1 aliphatic rings. The lowest BCUT2D eigenvalue weighted by Crippen LogP contribution is -2.29. The average Bonchev–Trinajstić information content (AvgIpc) is 3.03. The number of benzene rings is 3. The van der Waals surface area contributed by atoms with Crippen molar-refractivity contribution in [3.63, 3.8) is 0 Å². The van der Waals surface area contributed by atoms with Crippen LogP contribution in [0.3, 0.4) is 0 Å². The second-order valence-electron chi connectivity index (χ2n) is 7.24. The number of imide groups is 1. The Morgan fingerprint density at radius 1 is 0.700 bits per heavy atom. The molecule has 4 aromatic rings. The van der Waals surface area contributed by atoms with Gasteiger partial charge in [0, 0.05) is 11.1 Å². The Bertz CT molecular complexity index is 1240. The highest BCUT2D eigenvalue weighted by Gasteiger charge is 2.35. The van der Waals surface area contributed by atoms with Crippen molar-refractivity contribution in [2.45, 2.75) is 13.1 Å². The minimum absolute atomic E-state index is 0.161. The Labute approximate surface area is 174 Å². The zero-order valence-electron chi connectivity index (χ0n) is 16.2. The summed E-state index contributed by atoms with van der Waals surface area (Å²) in [5.41, 5.74) is 3.48. The van der Waals surface area contributed by atoms with E-state index >= 15 is 0 Å². The van der Waals surface area contributed by atoms with Gasteiger partial charge >= 0.3 is 0 Å². The number of rotatable bonds is 5. The highest BCUT2D eigenvalue weighted by molar-refractivity contribution is 6.21. The summed E-state index contributed by atoms with van der Waals surface area (Å²) in [6, 6.07) is 27.0. The van der Waals surface area contributed by atoms with Gasteiger partial charge in [0.2, 0.25) is 0 Å². The second-order valence-corrected chi connectivity index (χ2v) is 7.24. The summed E-state index contributed by atoms with van der Waals surface area (Å²) in [6.45, 7) is 0.707. The van der Waals surface area contributed by atoms with Crippen LogP contribution in [0, 0.1) is 0 Å². The summed E-state index contributed by atoms with van der Waals surface area (Å²) in [6.07, 6.45) is 0. The third-order valence-corrected chi connectivity index (χ3v) is 5.31. The van der Waals surface area contributed by atoms with Gasteiger partial charge in [-0.1, -0.05) is 54.6 Å². The molecule has 2 heterocycles. The Morgan fingerprint density at radius 2 is 1.33 bits per heavy atom. The van der Waals surface area contributed by atoms with Gasteiger partial charge in [-0.25, -0.2) is 0 Å². The zero-order chi connectivity index (χ0) is 20.5. The summed E-state index contributed by atoms with van der Waals surface area (Å²) < 4.78 is 0. The Morgan fingerprint density at radius 3 is 2.13 bits per heavy atom. The topological polar surface area (TPSA) is 62.3 Å². The Kier molecular flexibility index (Phi) is 4.48. The molecule has 0 bridgehead atoms. The smallest absolute Gasteiger partial charge is 0.261 e. The van der Waals surface area contributed by atoms with E-state index in [1.165, 1.54) is 10.3 Å². The van der Waals surface area contributed by atoms with Gasteiger partial charge in [-0.05, 0) is 35.7 Å². The molecule has 3 aromatic carbocycles. The fraction of sp³-hybridized carbons (Fsp3) is 0.0800. The second kappa shape index (κ2) is 7.44. The minimum Gasteiger partial charge on any atom is -0.379 e. The minimum atomic E-state index is -0.267. The lowest BCUT2D eigenvalue weighted by molar-refractivity contribution is 0.0640. The maximum absolute atomic E-state index is 12.6. The predicted molar refractivity (Wildman–Crippen MR) is 116 cm³/mol. The van der Waals surface area contributed by atoms with Crippen LogP contribution >= 0.6 is 0 Å². The predicted octanol–water partition coefficient (Wildman–Crippen LogP) is 4.64. The molecule has 2 amide bonds. The van der Waals surface area contributed by atoms with Crippen LogP contribution in [0.25, 0.3) is 10.8 Å². The van der Waals surface area contributed by atoms with E-state index in [1.54, 1.807) is 24.3 Å². The molecule has 0 aliphatic carbocycles. The number of pyridine rings is 1. The first kappa shape index (κ1) is 18.1. The van der Waals surface area contributed by atoms with Crippen LogP contribution in [-0.4, -0.2) is 21.7 Å². The lowest BCUT2D eigenvalue weighted by atomic mass is 10.1. The molecule has 30 heavy (non-hydrogen) atoms. The molecule has 0 atom stereocenters. The number of fused-ring (bicyclic) bond motifs is 2. The summed E-state index contributed by atoms with van der Waals surface area (Å²) in [5.74, 6) is -0.534. The summed E-state index contributed by atoms with van der Waals surface area (Å²) in [4.78, 5) is 31.1. The van der Waals surface area contributed by atoms with Crippen molar-refractivity contribution in [1.29, 1.82) is 0 Å². The van der Waals surface area contributed by atoms with Gasteiger partial charge in [0.15, 0.2) is 0 Å². The van der Waals surface area contributed by atoms with E-state index in [0.717, 1.165) is 16.8 Å². The number of carbonyl (C=O) groups is 2. The molecule has 1 aromatic heterocycles. The van der Waals surface area contributed by atoms with Crippen LogP contribution in [-0.2, 0) is 13.1 Å². The molecule has 1 aliphatic heterocycles. The quantitative estimate of drug-likeness (QED) is 0.502. The molecule has 0 radical (unpaired) electrons. The zero-order valence-corrected chi connectivity index (χ0v) is 16.2. The van der Waals surface area contributed by atoms with Gasteiger partial charge in [0.1, 0.15) is 0 Å². The molecule has 1 N–H and O–H groups in total. The molecular formula is C25H19N3O2. The molecule has 0 spiro atoms. The number of hydrogen-bond donors (Lipinski definition) is 1. The van der Waals surface area contributed by atoms with E-state index in [-0.39, 0.29) is 18.4 Å². The Balaban J connectivity index is 1.33. The molecule has 0 fully saturated rings. The van der Waals surface area contributed by atoms with Crippen LogP contribution in [0.1, 0.15) is 32.1 Å². The van der Waals surface area contributed by atoms with Crippen LogP contribution < -0.4 is 5.32 Å². The fourth-order valence-electron chi connectivity index (χ4n) is 3.83. The van der Waals surface area contributed by atoms with Crippen LogP contribution in [0.5, 0.6) is 0 Å². The van der Waals surface area contributed by atoms with Crippen molar-refractivity contribution in [3.8, 4) is 0 Å². The van der Waals surface area contributed by atoms with Crippen LogP contribution in [0.2, 0.25) is 0 Å². The van der Waals surface area contributed by atoms with Gasteiger partial charge in [0.25, 0.3) is 11.8 Å². The summed E-state index contributed by atoms with van der Waals surface area (Å²) >= 11 is 0.